The van der Waals surface area contributed by atoms with Crippen molar-refractivity contribution in [3.63, 3.8) is 0 Å². The van der Waals surface area contributed by atoms with Gasteiger partial charge in [0, 0.05) is 18.9 Å². The molecular formula is C12H15FN2O5S. The molecule has 0 radical (unpaired) electrons. The average molecular weight is 318 g/mol. The summed E-state index contributed by atoms with van der Waals surface area (Å²) in [6.45, 7) is 2.56. The highest BCUT2D eigenvalue weighted by atomic mass is 32.2. The Hall–Kier alpha value is -2.03. The summed E-state index contributed by atoms with van der Waals surface area (Å²) in [5, 5.41) is 13.1. The maximum Gasteiger partial charge on any atom is 0.282 e. The van der Waals surface area contributed by atoms with Crippen molar-refractivity contribution in [1.29, 1.82) is 0 Å². The number of benzene rings is 1. The molecule has 0 saturated heterocycles. The van der Waals surface area contributed by atoms with Gasteiger partial charge in [0.25, 0.3) is 11.6 Å². The molecule has 0 aliphatic rings. The minimum atomic E-state index is -3.44. The van der Waals surface area contributed by atoms with Gasteiger partial charge >= 0.3 is 0 Å². The van der Waals surface area contributed by atoms with E-state index in [1.165, 1.54) is 13.8 Å². The van der Waals surface area contributed by atoms with Crippen molar-refractivity contribution < 1.29 is 22.5 Å². The summed E-state index contributed by atoms with van der Waals surface area (Å²) >= 11 is 0. The van der Waals surface area contributed by atoms with Gasteiger partial charge in [-0.25, -0.2) is 12.8 Å². The number of nitrogens with one attached hydrogen (secondary N) is 1. The fraction of sp³-hybridized carbons (Fsp3) is 0.417. The van der Waals surface area contributed by atoms with Gasteiger partial charge in [0.2, 0.25) is 0 Å². The maximum atomic E-state index is 13.1. The largest absolute Gasteiger partial charge is 0.350 e. The van der Waals surface area contributed by atoms with Gasteiger partial charge in [-0.1, -0.05) is 0 Å². The average Bonchev–Trinajstić information content (AvgIpc) is 2.34. The Kier molecular flexibility index (Phi) is 4.67. The fourth-order valence-electron chi connectivity index (χ4n) is 1.37. The van der Waals surface area contributed by atoms with E-state index in [0.717, 1.165) is 24.5 Å². The zero-order chi connectivity index (χ0) is 16.4. The molecular weight excluding hydrogens is 303 g/mol. The van der Waals surface area contributed by atoms with E-state index < -0.39 is 42.5 Å². The number of hydrogen-bond acceptors (Lipinski definition) is 5. The number of sulfone groups is 1. The quantitative estimate of drug-likeness (QED) is 0.650. The molecule has 21 heavy (non-hydrogen) atoms. The van der Waals surface area contributed by atoms with Gasteiger partial charge in [0.1, 0.15) is 11.4 Å². The standard InChI is InChI=1S/C12H15FN2O5S/c1-12(2,21(3,19)20)7-14-11(16)9-6-8(13)4-5-10(9)15(17)18/h4-6H,7H2,1-3H3,(H,14,16). The van der Waals surface area contributed by atoms with E-state index in [-0.39, 0.29) is 6.54 Å². The molecule has 1 amide bonds. The van der Waals surface area contributed by atoms with Crippen molar-refractivity contribution in [1.82, 2.24) is 5.32 Å². The molecule has 0 heterocycles. The fourth-order valence-corrected chi connectivity index (χ4v) is 1.70. The van der Waals surface area contributed by atoms with Crippen molar-refractivity contribution in [3.05, 3.63) is 39.7 Å². The predicted molar refractivity (Wildman–Crippen MR) is 74.3 cm³/mol. The molecule has 0 aliphatic carbocycles. The van der Waals surface area contributed by atoms with Crippen LogP contribution in [0.4, 0.5) is 10.1 Å². The smallest absolute Gasteiger partial charge is 0.282 e. The lowest BCUT2D eigenvalue weighted by Crippen LogP contribution is -2.43. The van der Waals surface area contributed by atoms with Gasteiger partial charge in [-0.3, -0.25) is 14.9 Å². The van der Waals surface area contributed by atoms with Crippen molar-refractivity contribution >= 4 is 21.4 Å². The number of nitro groups is 1. The molecule has 9 heteroatoms. The van der Waals surface area contributed by atoms with Crippen LogP contribution in [0.5, 0.6) is 0 Å². The lowest BCUT2D eigenvalue weighted by atomic mass is 10.1. The van der Waals surface area contributed by atoms with Gasteiger partial charge in [0.15, 0.2) is 9.84 Å². The van der Waals surface area contributed by atoms with E-state index in [1.54, 1.807) is 0 Å². The summed E-state index contributed by atoms with van der Waals surface area (Å²) in [5.41, 5.74) is -1.00. The third-order valence-electron chi connectivity index (χ3n) is 3.08. The number of nitro benzene ring substituents is 1. The maximum absolute atomic E-state index is 13.1. The topological polar surface area (TPSA) is 106 Å². The monoisotopic (exact) mass is 318 g/mol. The van der Waals surface area contributed by atoms with E-state index in [2.05, 4.69) is 5.32 Å². The normalized spacial score (nSPS) is 12.0. The molecule has 0 saturated carbocycles. The summed E-state index contributed by atoms with van der Waals surface area (Å²) in [7, 11) is -3.44. The summed E-state index contributed by atoms with van der Waals surface area (Å²) in [5.74, 6) is -1.70. The first-order chi connectivity index (χ1) is 9.45. The summed E-state index contributed by atoms with van der Waals surface area (Å²) in [6.07, 6.45) is 1.02. The van der Waals surface area contributed by atoms with Gasteiger partial charge in [0.05, 0.1) is 9.67 Å². The van der Waals surface area contributed by atoms with Gasteiger partial charge in [-0.05, 0) is 26.0 Å². The Morgan fingerprint density at radius 1 is 1.43 bits per heavy atom. The first-order valence-electron chi connectivity index (χ1n) is 5.87. The Morgan fingerprint density at radius 3 is 2.48 bits per heavy atom. The van der Waals surface area contributed by atoms with Crippen molar-refractivity contribution in [2.45, 2.75) is 18.6 Å². The minimum absolute atomic E-state index is 0.252. The molecule has 0 bridgehead atoms. The summed E-state index contributed by atoms with van der Waals surface area (Å²) < 4.78 is 34.9. The highest BCUT2D eigenvalue weighted by Gasteiger charge is 2.31. The Morgan fingerprint density at radius 2 is 2.00 bits per heavy atom. The third-order valence-corrected chi connectivity index (χ3v) is 5.23. The number of carbonyl (C=O) groups excluding carboxylic acids is 1. The zero-order valence-electron chi connectivity index (χ0n) is 11.7. The second-order valence-corrected chi connectivity index (χ2v) is 7.78. The van der Waals surface area contributed by atoms with Crippen LogP contribution in [-0.4, -0.2) is 36.8 Å². The molecule has 1 aromatic carbocycles. The third kappa shape index (κ3) is 3.97. The van der Waals surface area contributed by atoms with Crippen LogP contribution in [0.25, 0.3) is 0 Å². The van der Waals surface area contributed by atoms with E-state index >= 15 is 0 Å². The Labute approximate surface area is 121 Å². The second kappa shape index (κ2) is 5.76. The summed E-state index contributed by atoms with van der Waals surface area (Å²) in [4.78, 5) is 21.9. The molecule has 1 aromatic rings. The predicted octanol–water partition coefficient (Wildman–Crippen LogP) is 1.29. The van der Waals surface area contributed by atoms with Crippen LogP contribution in [0.3, 0.4) is 0 Å². The van der Waals surface area contributed by atoms with Crippen LogP contribution in [0.15, 0.2) is 18.2 Å². The van der Waals surface area contributed by atoms with E-state index in [9.17, 15) is 27.7 Å². The van der Waals surface area contributed by atoms with Crippen molar-refractivity contribution in [3.8, 4) is 0 Å². The number of rotatable bonds is 5. The molecule has 1 N–H and O–H groups in total. The molecule has 1 rings (SSSR count). The van der Waals surface area contributed by atoms with E-state index in [1.807, 2.05) is 0 Å². The van der Waals surface area contributed by atoms with Crippen LogP contribution in [0, 0.1) is 15.9 Å². The lowest BCUT2D eigenvalue weighted by molar-refractivity contribution is -0.385. The number of halogens is 1. The number of carbonyl (C=O) groups is 1. The van der Waals surface area contributed by atoms with E-state index in [0.29, 0.717) is 0 Å². The Bertz CT molecular complexity index is 685. The van der Waals surface area contributed by atoms with Crippen LogP contribution in [0.1, 0.15) is 24.2 Å². The molecule has 7 nitrogen and oxygen atoms in total. The summed E-state index contributed by atoms with van der Waals surface area (Å²) in [6, 6.07) is 2.49. The van der Waals surface area contributed by atoms with Gasteiger partial charge < -0.3 is 5.32 Å². The molecule has 116 valence electrons. The minimum Gasteiger partial charge on any atom is -0.350 e. The highest BCUT2D eigenvalue weighted by molar-refractivity contribution is 7.92. The molecule has 0 atom stereocenters. The molecule has 0 fully saturated rings. The van der Waals surface area contributed by atoms with Crippen LogP contribution in [0.2, 0.25) is 0 Å². The number of amides is 1. The number of nitrogens with zero attached hydrogens (tertiary/aromatic N) is 1. The van der Waals surface area contributed by atoms with Gasteiger partial charge in [-0.2, -0.15) is 0 Å². The molecule has 0 unspecified atom stereocenters. The van der Waals surface area contributed by atoms with Gasteiger partial charge in [-0.15, -0.1) is 0 Å². The lowest BCUT2D eigenvalue weighted by Gasteiger charge is -2.22. The van der Waals surface area contributed by atoms with Crippen LogP contribution < -0.4 is 5.32 Å². The number of hydrogen-bond donors (Lipinski definition) is 1. The first-order valence-corrected chi connectivity index (χ1v) is 7.76. The van der Waals surface area contributed by atoms with E-state index in [4.69, 9.17) is 0 Å². The molecule has 0 aromatic heterocycles. The highest BCUT2D eigenvalue weighted by Crippen LogP contribution is 2.20. The molecule has 0 aliphatic heterocycles. The van der Waals surface area contributed by atoms with Crippen LogP contribution in [-0.2, 0) is 9.84 Å². The Balaban J connectivity index is 3.01. The molecule has 0 spiro atoms. The second-order valence-electron chi connectivity index (χ2n) is 5.13. The van der Waals surface area contributed by atoms with Crippen molar-refractivity contribution in [2.75, 3.05) is 12.8 Å². The van der Waals surface area contributed by atoms with Crippen molar-refractivity contribution in [2.24, 2.45) is 0 Å². The SMILES string of the molecule is CC(C)(CNC(=O)c1cc(F)ccc1[N+](=O)[O-])S(C)(=O)=O. The first kappa shape index (κ1) is 17.0. The van der Waals surface area contributed by atoms with Crippen LogP contribution >= 0.6 is 0 Å². The zero-order valence-corrected chi connectivity index (χ0v) is 12.5.